The highest BCUT2D eigenvalue weighted by molar-refractivity contribution is 5.13. The molecule has 0 bridgehead atoms. The molecule has 2 rings (SSSR count). The number of hydrogen-bond acceptors (Lipinski definition) is 2. The fraction of sp³-hybridized carbons (Fsp3) is 0.273. The summed E-state index contributed by atoms with van der Waals surface area (Å²) in [6.45, 7) is 0.0937. The van der Waals surface area contributed by atoms with Crippen LogP contribution in [0.3, 0.4) is 0 Å². The Balaban J connectivity index is 2.20. The first-order valence-electron chi connectivity index (χ1n) is 5.18. The van der Waals surface area contributed by atoms with Gasteiger partial charge in [-0.15, -0.1) is 0 Å². The van der Waals surface area contributed by atoms with Gasteiger partial charge in [-0.25, -0.2) is 0 Å². The van der Waals surface area contributed by atoms with Crippen molar-refractivity contribution in [2.75, 3.05) is 0 Å². The van der Waals surface area contributed by atoms with E-state index in [4.69, 9.17) is 0 Å². The molecular weight excluding hydrogens is 269 g/mol. The summed E-state index contributed by atoms with van der Waals surface area (Å²) in [5.41, 5.74) is -0.617. The van der Waals surface area contributed by atoms with Gasteiger partial charge in [-0.3, -0.25) is 9.67 Å². The van der Waals surface area contributed by atoms with Crippen molar-refractivity contribution in [1.29, 1.82) is 0 Å². The molecule has 2 aromatic heterocycles. The summed E-state index contributed by atoms with van der Waals surface area (Å²) in [5.74, 6) is -4.95. The summed E-state index contributed by atoms with van der Waals surface area (Å²) in [6.07, 6.45) is -1.59. The predicted octanol–water partition coefficient (Wildman–Crippen LogP) is 2.98. The van der Waals surface area contributed by atoms with Gasteiger partial charge in [0, 0.05) is 18.6 Å². The number of aromatic nitrogens is 3. The van der Waals surface area contributed by atoms with E-state index < -0.39 is 17.8 Å². The Morgan fingerprint density at radius 3 is 2.21 bits per heavy atom. The molecule has 0 spiro atoms. The molecule has 0 N–H and O–H groups in total. The van der Waals surface area contributed by atoms with E-state index in [1.165, 1.54) is 12.4 Å². The number of alkyl halides is 5. The molecular formula is C11H8F5N3. The molecule has 0 radical (unpaired) electrons. The maximum atomic E-state index is 13.0. The maximum Gasteiger partial charge on any atom is 0.459 e. The van der Waals surface area contributed by atoms with E-state index in [1.807, 2.05) is 0 Å². The Bertz CT molecular complexity index is 547. The van der Waals surface area contributed by atoms with Crippen LogP contribution in [0.25, 0.3) is 0 Å². The normalized spacial score (nSPS) is 12.7. The maximum absolute atomic E-state index is 13.0. The Morgan fingerprint density at radius 2 is 1.63 bits per heavy atom. The van der Waals surface area contributed by atoms with Crippen molar-refractivity contribution >= 4 is 0 Å². The second-order valence-electron chi connectivity index (χ2n) is 3.83. The number of nitrogens with zero attached hydrogens (tertiary/aromatic N) is 3. The molecule has 0 aliphatic heterocycles. The van der Waals surface area contributed by atoms with Crippen LogP contribution in [0.1, 0.15) is 11.3 Å². The SMILES string of the molecule is FC(F)(F)C(F)(F)c1ccn(Cc2ccncc2)n1. The number of halogens is 5. The average molecular weight is 277 g/mol. The minimum absolute atomic E-state index is 0.0937. The Kier molecular flexibility index (Phi) is 3.25. The Labute approximate surface area is 104 Å². The van der Waals surface area contributed by atoms with Crippen molar-refractivity contribution in [3.63, 3.8) is 0 Å². The number of hydrogen-bond donors (Lipinski definition) is 0. The summed E-state index contributed by atoms with van der Waals surface area (Å²) in [4.78, 5) is 3.77. The van der Waals surface area contributed by atoms with Gasteiger partial charge < -0.3 is 0 Å². The molecule has 0 amide bonds. The third-order valence-electron chi connectivity index (χ3n) is 2.41. The van der Waals surface area contributed by atoms with E-state index in [1.54, 1.807) is 12.1 Å². The molecule has 2 heterocycles. The van der Waals surface area contributed by atoms with Crippen molar-refractivity contribution in [3.8, 4) is 0 Å². The third-order valence-corrected chi connectivity index (χ3v) is 2.41. The fourth-order valence-corrected chi connectivity index (χ4v) is 1.44. The van der Waals surface area contributed by atoms with E-state index in [-0.39, 0.29) is 6.54 Å². The zero-order valence-corrected chi connectivity index (χ0v) is 9.40. The topological polar surface area (TPSA) is 30.7 Å². The lowest BCUT2D eigenvalue weighted by atomic mass is 10.2. The third kappa shape index (κ3) is 2.72. The van der Waals surface area contributed by atoms with Gasteiger partial charge in [0.1, 0.15) is 5.69 Å². The average Bonchev–Trinajstić information content (AvgIpc) is 2.78. The molecule has 19 heavy (non-hydrogen) atoms. The minimum Gasteiger partial charge on any atom is -0.268 e. The number of pyridine rings is 1. The standard InChI is InChI=1S/C11H8F5N3/c12-10(13,11(14,15)16)9-3-6-19(18-9)7-8-1-4-17-5-2-8/h1-6H,7H2. The van der Waals surface area contributed by atoms with E-state index >= 15 is 0 Å². The monoisotopic (exact) mass is 277 g/mol. The highest BCUT2D eigenvalue weighted by Crippen LogP contribution is 2.42. The van der Waals surface area contributed by atoms with Crippen molar-refractivity contribution in [3.05, 3.63) is 48.0 Å². The Hall–Kier alpha value is -1.99. The molecule has 0 saturated heterocycles. The van der Waals surface area contributed by atoms with Crippen molar-refractivity contribution in [2.24, 2.45) is 0 Å². The molecule has 102 valence electrons. The van der Waals surface area contributed by atoms with Crippen molar-refractivity contribution in [2.45, 2.75) is 18.6 Å². The molecule has 0 aliphatic rings. The van der Waals surface area contributed by atoms with E-state index in [9.17, 15) is 22.0 Å². The quantitative estimate of drug-likeness (QED) is 0.807. The van der Waals surface area contributed by atoms with Crippen LogP contribution >= 0.6 is 0 Å². The smallest absolute Gasteiger partial charge is 0.268 e. The fourth-order valence-electron chi connectivity index (χ4n) is 1.44. The zero-order valence-electron chi connectivity index (χ0n) is 9.40. The molecule has 2 aromatic rings. The first-order valence-corrected chi connectivity index (χ1v) is 5.18. The van der Waals surface area contributed by atoms with Crippen LogP contribution in [0.15, 0.2) is 36.8 Å². The van der Waals surface area contributed by atoms with Crippen LogP contribution in [-0.4, -0.2) is 20.9 Å². The van der Waals surface area contributed by atoms with Gasteiger partial charge in [-0.2, -0.15) is 27.1 Å². The van der Waals surface area contributed by atoms with E-state index in [0.29, 0.717) is 11.6 Å². The van der Waals surface area contributed by atoms with Crippen molar-refractivity contribution in [1.82, 2.24) is 14.8 Å². The van der Waals surface area contributed by atoms with Crippen LogP contribution in [0.2, 0.25) is 0 Å². The molecule has 0 unspecified atom stereocenters. The summed E-state index contributed by atoms with van der Waals surface area (Å²) in [6, 6.07) is 3.89. The van der Waals surface area contributed by atoms with Crippen LogP contribution in [0.5, 0.6) is 0 Å². The summed E-state index contributed by atoms with van der Waals surface area (Å²) < 4.78 is 63.5. The second kappa shape index (κ2) is 4.60. The van der Waals surface area contributed by atoms with Gasteiger partial charge in [-0.05, 0) is 23.8 Å². The molecule has 8 heteroatoms. The lowest BCUT2D eigenvalue weighted by Crippen LogP contribution is -2.34. The summed E-state index contributed by atoms with van der Waals surface area (Å²) >= 11 is 0. The van der Waals surface area contributed by atoms with E-state index in [2.05, 4.69) is 10.1 Å². The van der Waals surface area contributed by atoms with Gasteiger partial charge in [-0.1, -0.05) is 0 Å². The zero-order chi connectivity index (χ0) is 14.1. The molecule has 0 saturated carbocycles. The van der Waals surface area contributed by atoms with Crippen molar-refractivity contribution < 1.29 is 22.0 Å². The largest absolute Gasteiger partial charge is 0.459 e. The highest BCUT2D eigenvalue weighted by atomic mass is 19.4. The van der Waals surface area contributed by atoms with Crippen LogP contribution < -0.4 is 0 Å². The van der Waals surface area contributed by atoms with Gasteiger partial charge in [0.15, 0.2) is 0 Å². The van der Waals surface area contributed by atoms with Gasteiger partial charge in [0.25, 0.3) is 0 Å². The molecule has 0 fully saturated rings. The van der Waals surface area contributed by atoms with Crippen LogP contribution in [0.4, 0.5) is 22.0 Å². The second-order valence-corrected chi connectivity index (χ2v) is 3.83. The predicted molar refractivity (Wildman–Crippen MR) is 55.5 cm³/mol. The first-order chi connectivity index (χ1) is 8.80. The van der Waals surface area contributed by atoms with Gasteiger partial charge in [0.05, 0.1) is 6.54 Å². The lowest BCUT2D eigenvalue weighted by Gasteiger charge is -2.16. The minimum atomic E-state index is -5.65. The summed E-state index contributed by atoms with van der Waals surface area (Å²) in [5, 5.41) is 3.27. The summed E-state index contributed by atoms with van der Waals surface area (Å²) in [7, 11) is 0. The molecule has 0 aliphatic carbocycles. The number of rotatable bonds is 3. The molecule has 3 nitrogen and oxygen atoms in total. The Morgan fingerprint density at radius 1 is 1.00 bits per heavy atom. The van der Waals surface area contributed by atoms with Gasteiger partial charge >= 0.3 is 12.1 Å². The van der Waals surface area contributed by atoms with Gasteiger partial charge in [0.2, 0.25) is 0 Å². The molecule has 0 atom stereocenters. The molecule has 0 aromatic carbocycles. The highest BCUT2D eigenvalue weighted by Gasteiger charge is 2.60. The lowest BCUT2D eigenvalue weighted by molar-refractivity contribution is -0.291. The first kappa shape index (κ1) is 13.4. The van der Waals surface area contributed by atoms with Crippen LogP contribution in [0, 0.1) is 0 Å². The van der Waals surface area contributed by atoms with Crippen LogP contribution in [-0.2, 0) is 12.5 Å². The van der Waals surface area contributed by atoms with E-state index in [0.717, 1.165) is 10.9 Å².